The predicted octanol–water partition coefficient (Wildman–Crippen LogP) is 2.17. The lowest BCUT2D eigenvalue weighted by atomic mass is 10.1. The van der Waals surface area contributed by atoms with Crippen molar-refractivity contribution in [2.75, 3.05) is 29.0 Å². The summed E-state index contributed by atoms with van der Waals surface area (Å²) in [6, 6.07) is 16.4. The van der Waals surface area contributed by atoms with Gasteiger partial charge >= 0.3 is 0 Å². The number of aromatic nitrogens is 1. The van der Waals surface area contributed by atoms with E-state index in [9.17, 15) is 8.42 Å². The first-order chi connectivity index (χ1) is 12.1. The Morgan fingerprint density at radius 1 is 1.04 bits per heavy atom. The highest BCUT2D eigenvalue weighted by Crippen LogP contribution is 2.37. The maximum Gasteiger partial charge on any atom is 0.266 e. The van der Waals surface area contributed by atoms with E-state index in [1.165, 1.54) is 4.31 Å². The Kier molecular flexibility index (Phi) is 3.82. The maximum atomic E-state index is 13.2. The summed E-state index contributed by atoms with van der Waals surface area (Å²) in [5.74, 6) is 0.650. The monoisotopic (exact) mass is 354 g/mol. The number of nitrogens with zero attached hydrogens (tertiary/aromatic N) is 3. The van der Waals surface area contributed by atoms with Gasteiger partial charge in [0, 0.05) is 19.3 Å². The summed E-state index contributed by atoms with van der Waals surface area (Å²) in [5, 5.41) is 1.91. The van der Waals surface area contributed by atoms with Crippen molar-refractivity contribution in [1.29, 1.82) is 0 Å². The highest BCUT2D eigenvalue weighted by molar-refractivity contribution is 7.92. The minimum Gasteiger partial charge on any atom is -0.335 e. The molecule has 1 aliphatic heterocycles. The first-order valence-electron chi connectivity index (χ1n) is 8.03. The molecule has 128 valence electrons. The number of hydrogen-bond acceptors (Lipinski definition) is 5. The van der Waals surface area contributed by atoms with Crippen LogP contribution in [0.4, 0.5) is 11.5 Å². The Morgan fingerprint density at radius 2 is 1.84 bits per heavy atom. The van der Waals surface area contributed by atoms with Crippen molar-refractivity contribution in [1.82, 2.24) is 4.98 Å². The van der Waals surface area contributed by atoms with Crippen LogP contribution >= 0.6 is 0 Å². The fourth-order valence-electron chi connectivity index (χ4n) is 3.12. The summed E-state index contributed by atoms with van der Waals surface area (Å²) in [7, 11) is -3.68. The standard InChI is InChI=1S/C18H18N4O2S/c19-9-11-21-13-22(17-6-3-10-20-18(17)21)25(23,24)16-8-7-14-4-1-2-5-15(14)12-16/h1-8,10,12H,9,11,13,19H2. The van der Waals surface area contributed by atoms with Gasteiger partial charge in [-0.15, -0.1) is 0 Å². The molecule has 0 atom stereocenters. The molecular formula is C18H18N4O2S. The van der Waals surface area contributed by atoms with Gasteiger partial charge in [0.2, 0.25) is 0 Å². The summed E-state index contributed by atoms with van der Waals surface area (Å²) < 4.78 is 27.9. The molecule has 0 spiro atoms. The summed E-state index contributed by atoms with van der Waals surface area (Å²) in [6.07, 6.45) is 1.66. The van der Waals surface area contributed by atoms with Crippen LogP contribution in [-0.2, 0) is 10.0 Å². The Hall–Kier alpha value is -2.64. The van der Waals surface area contributed by atoms with Crippen LogP contribution in [0.3, 0.4) is 0 Å². The third-order valence-corrected chi connectivity index (χ3v) is 6.08. The van der Waals surface area contributed by atoms with Crippen LogP contribution in [0.2, 0.25) is 0 Å². The summed E-state index contributed by atoms with van der Waals surface area (Å²) >= 11 is 0. The number of fused-ring (bicyclic) bond motifs is 2. The molecular weight excluding hydrogens is 336 g/mol. The molecule has 0 saturated carbocycles. The number of rotatable bonds is 4. The first-order valence-corrected chi connectivity index (χ1v) is 9.47. The van der Waals surface area contributed by atoms with Crippen molar-refractivity contribution >= 4 is 32.3 Å². The van der Waals surface area contributed by atoms with E-state index in [4.69, 9.17) is 5.73 Å². The van der Waals surface area contributed by atoms with E-state index < -0.39 is 10.0 Å². The SMILES string of the molecule is NCCN1CN(S(=O)(=O)c2ccc3ccccc3c2)c2cccnc21. The number of pyridine rings is 1. The van der Waals surface area contributed by atoms with Gasteiger partial charge in [-0.2, -0.15) is 0 Å². The Balaban J connectivity index is 1.79. The molecule has 2 N–H and O–H groups in total. The molecule has 0 amide bonds. The molecule has 0 bridgehead atoms. The van der Waals surface area contributed by atoms with Gasteiger partial charge in [-0.25, -0.2) is 17.7 Å². The summed E-state index contributed by atoms with van der Waals surface area (Å²) in [5.41, 5.74) is 6.24. The van der Waals surface area contributed by atoms with Gasteiger partial charge in [0.1, 0.15) is 6.67 Å². The van der Waals surface area contributed by atoms with Crippen molar-refractivity contribution in [3.63, 3.8) is 0 Å². The largest absolute Gasteiger partial charge is 0.335 e. The first kappa shape index (κ1) is 15.9. The lowest BCUT2D eigenvalue weighted by molar-refractivity contribution is 0.591. The normalized spacial score (nSPS) is 14.1. The molecule has 0 radical (unpaired) electrons. The molecule has 6 nitrogen and oxygen atoms in total. The second kappa shape index (κ2) is 6.02. The van der Waals surface area contributed by atoms with Crippen molar-refractivity contribution in [3.8, 4) is 0 Å². The average Bonchev–Trinajstić information content (AvgIpc) is 3.01. The van der Waals surface area contributed by atoms with Crippen LogP contribution < -0.4 is 14.9 Å². The zero-order chi connectivity index (χ0) is 17.4. The lowest BCUT2D eigenvalue weighted by Gasteiger charge is -2.21. The Bertz CT molecular complexity index is 1040. The van der Waals surface area contributed by atoms with Gasteiger partial charge < -0.3 is 10.6 Å². The van der Waals surface area contributed by atoms with Crippen LogP contribution in [0, 0.1) is 0 Å². The molecule has 0 aliphatic carbocycles. The second-order valence-electron chi connectivity index (χ2n) is 5.90. The molecule has 0 unspecified atom stereocenters. The van der Waals surface area contributed by atoms with Crippen LogP contribution in [0.5, 0.6) is 0 Å². The van der Waals surface area contributed by atoms with Crippen LogP contribution in [-0.4, -0.2) is 33.2 Å². The highest BCUT2D eigenvalue weighted by atomic mass is 32.2. The van der Waals surface area contributed by atoms with Gasteiger partial charge in [-0.3, -0.25) is 0 Å². The minimum atomic E-state index is -3.68. The summed E-state index contributed by atoms with van der Waals surface area (Å²) in [6.45, 7) is 1.20. The maximum absolute atomic E-state index is 13.2. The van der Waals surface area contributed by atoms with Gasteiger partial charge in [-0.1, -0.05) is 30.3 Å². The molecule has 2 aromatic carbocycles. The highest BCUT2D eigenvalue weighted by Gasteiger charge is 2.35. The third-order valence-electron chi connectivity index (χ3n) is 4.34. The van der Waals surface area contributed by atoms with E-state index in [1.54, 1.807) is 30.5 Å². The fourth-order valence-corrected chi connectivity index (χ4v) is 4.58. The van der Waals surface area contributed by atoms with E-state index in [0.29, 0.717) is 24.6 Å². The topological polar surface area (TPSA) is 79.5 Å². The Labute approximate surface area is 146 Å². The molecule has 0 saturated heterocycles. The fraction of sp³-hybridized carbons (Fsp3) is 0.167. The van der Waals surface area contributed by atoms with E-state index >= 15 is 0 Å². The molecule has 0 fully saturated rings. The lowest BCUT2D eigenvalue weighted by Crippen LogP contribution is -2.37. The molecule has 4 rings (SSSR count). The Morgan fingerprint density at radius 3 is 2.64 bits per heavy atom. The minimum absolute atomic E-state index is 0.221. The van der Waals surface area contributed by atoms with E-state index in [-0.39, 0.29) is 11.6 Å². The van der Waals surface area contributed by atoms with E-state index in [1.807, 2.05) is 35.2 Å². The van der Waals surface area contributed by atoms with Gasteiger partial charge in [0.15, 0.2) is 5.82 Å². The molecule has 2 heterocycles. The summed E-state index contributed by atoms with van der Waals surface area (Å²) in [4.78, 5) is 6.49. The van der Waals surface area contributed by atoms with Crippen molar-refractivity contribution < 1.29 is 8.42 Å². The predicted molar refractivity (Wildman–Crippen MR) is 99.1 cm³/mol. The zero-order valence-electron chi connectivity index (χ0n) is 13.5. The van der Waals surface area contributed by atoms with Crippen molar-refractivity contribution in [2.45, 2.75) is 4.90 Å². The van der Waals surface area contributed by atoms with Crippen LogP contribution in [0.15, 0.2) is 65.7 Å². The van der Waals surface area contributed by atoms with Gasteiger partial charge in [0.05, 0.1) is 10.6 Å². The average molecular weight is 354 g/mol. The number of anilines is 2. The van der Waals surface area contributed by atoms with E-state index in [0.717, 1.165) is 10.8 Å². The molecule has 25 heavy (non-hydrogen) atoms. The van der Waals surface area contributed by atoms with Crippen molar-refractivity contribution in [3.05, 3.63) is 60.8 Å². The molecule has 1 aromatic heterocycles. The zero-order valence-corrected chi connectivity index (χ0v) is 14.4. The number of nitrogens with two attached hydrogens (primary N) is 1. The van der Waals surface area contributed by atoms with Crippen LogP contribution in [0.25, 0.3) is 10.8 Å². The van der Waals surface area contributed by atoms with Gasteiger partial charge in [-0.05, 0) is 35.0 Å². The molecule has 7 heteroatoms. The third kappa shape index (κ3) is 2.61. The smallest absolute Gasteiger partial charge is 0.266 e. The van der Waals surface area contributed by atoms with E-state index in [2.05, 4.69) is 4.98 Å². The van der Waals surface area contributed by atoms with Gasteiger partial charge in [0.25, 0.3) is 10.0 Å². The second-order valence-corrected chi connectivity index (χ2v) is 7.76. The number of benzene rings is 2. The quantitative estimate of drug-likeness (QED) is 0.777. The number of hydrogen-bond donors (Lipinski definition) is 1. The molecule has 3 aromatic rings. The van der Waals surface area contributed by atoms with Crippen molar-refractivity contribution in [2.24, 2.45) is 5.73 Å². The molecule has 1 aliphatic rings. The number of sulfonamides is 1. The van der Waals surface area contributed by atoms with Crippen LogP contribution in [0.1, 0.15) is 0 Å².